The van der Waals surface area contributed by atoms with E-state index >= 15 is 0 Å². The van der Waals surface area contributed by atoms with Crippen molar-refractivity contribution >= 4 is 0 Å². The Balaban J connectivity index is 1.72. The summed E-state index contributed by atoms with van der Waals surface area (Å²) >= 11 is 0. The van der Waals surface area contributed by atoms with Gasteiger partial charge in [-0.05, 0) is 44.5 Å². The van der Waals surface area contributed by atoms with Crippen molar-refractivity contribution in [1.29, 1.82) is 0 Å². The van der Waals surface area contributed by atoms with Gasteiger partial charge >= 0.3 is 0 Å². The number of methoxy groups -OCH3 is 1. The number of aryl methyl sites for hydroxylation is 1. The normalized spacial score (nSPS) is 12.2. The third-order valence-corrected chi connectivity index (χ3v) is 4.24. The second-order valence-electron chi connectivity index (χ2n) is 6.12. The van der Waals surface area contributed by atoms with E-state index < -0.39 is 0 Å². The van der Waals surface area contributed by atoms with E-state index in [0.717, 1.165) is 22.6 Å². The molecule has 0 amide bonds. The van der Waals surface area contributed by atoms with Crippen LogP contribution in [0.4, 0.5) is 0 Å². The molecule has 1 atom stereocenters. The van der Waals surface area contributed by atoms with Gasteiger partial charge in [0.25, 0.3) is 0 Å². The molecule has 0 aliphatic rings. The minimum Gasteiger partial charge on any atom is -0.481 e. The van der Waals surface area contributed by atoms with Gasteiger partial charge in [0.2, 0.25) is 5.88 Å². The molecule has 0 saturated carbocycles. The molecule has 6 heteroatoms. The molecule has 1 aromatic carbocycles. The molecule has 0 fully saturated rings. The van der Waals surface area contributed by atoms with Crippen LogP contribution in [0.2, 0.25) is 0 Å². The van der Waals surface area contributed by atoms with Gasteiger partial charge in [0.1, 0.15) is 5.69 Å². The van der Waals surface area contributed by atoms with E-state index in [1.807, 2.05) is 23.7 Å². The second kappa shape index (κ2) is 7.44. The predicted molar refractivity (Wildman–Crippen MR) is 96.9 cm³/mol. The lowest BCUT2D eigenvalue weighted by Crippen LogP contribution is -2.19. The van der Waals surface area contributed by atoms with Crippen molar-refractivity contribution in [2.75, 3.05) is 7.11 Å². The number of nitrogens with one attached hydrogen (secondary N) is 1. The summed E-state index contributed by atoms with van der Waals surface area (Å²) in [7, 11) is 1.62. The van der Waals surface area contributed by atoms with Gasteiger partial charge in [-0.2, -0.15) is 0 Å². The van der Waals surface area contributed by atoms with Crippen LogP contribution in [0, 0.1) is 13.8 Å². The van der Waals surface area contributed by atoms with Crippen molar-refractivity contribution in [2.45, 2.75) is 33.4 Å². The molecule has 0 radical (unpaired) electrons. The molecule has 0 aliphatic heterocycles. The Hall–Kier alpha value is -2.73. The fraction of sp³-hybridized carbons (Fsp3) is 0.316. The predicted octanol–water partition coefficient (Wildman–Crippen LogP) is 3.14. The molecular formula is C19H23N5O. The minimum atomic E-state index is 0.0818. The minimum absolute atomic E-state index is 0.0818. The molecule has 1 unspecified atom stereocenters. The molecule has 6 nitrogen and oxygen atoms in total. The maximum Gasteiger partial charge on any atom is 0.213 e. The first kappa shape index (κ1) is 17.1. The summed E-state index contributed by atoms with van der Waals surface area (Å²) in [4.78, 5) is 4.12. The molecule has 0 aliphatic carbocycles. The van der Waals surface area contributed by atoms with Gasteiger partial charge in [0.05, 0.1) is 24.5 Å². The molecule has 3 rings (SSSR count). The molecule has 0 spiro atoms. The molecule has 2 heterocycles. The first-order chi connectivity index (χ1) is 12.1. The van der Waals surface area contributed by atoms with Crippen molar-refractivity contribution in [3.05, 3.63) is 65.1 Å². The highest BCUT2D eigenvalue weighted by Gasteiger charge is 2.16. The van der Waals surface area contributed by atoms with Crippen molar-refractivity contribution < 1.29 is 4.74 Å². The molecule has 3 aromatic rings. The quantitative estimate of drug-likeness (QED) is 0.748. The fourth-order valence-corrected chi connectivity index (χ4v) is 2.71. The molecule has 25 heavy (non-hydrogen) atoms. The number of hydrogen-bond donors (Lipinski definition) is 1. The average molecular weight is 337 g/mol. The number of pyridine rings is 1. The Morgan fingerprint density at radius 1 is 1.16 bits per heavy atom. The zero-order valence-electron chi connectivity index (χ0n) is 15.0. The Morgan fingerprint density at radius 3 is 2.64 bits per heavy atom. The monoisotopic (exact) mass is 337 g/mol. The topological polar surface area (TPSA) is 64.9 Å². The zero-order valence-corrected chi connectivity index (χ0v) is 15.0. The second-order valence-corrected chi connectivity index (χ2v) is 6.12. The average Bonchev–Trinajstić information content (AvgIpc) is 3.02. The van der Waals surface area contributed by atoms with Crippen LogP contribution >= 0.6 is 0 Å². The van der Waals surface area contributed by atoms with Crippen molar-refractivity contribution in [1.82, 2.24) is 25.3 Å². The summed E-state index contributed by atoms with van der Waals surface area (Å²) in [5.74, 6) is 0.619. The molecular weight excluding hydrogens is 314 g/mol. The van der Waals surface area contributed by atoms with Crippen molar-refractivity contribution in [2.24, 2.45) is 0 Å². The van der Waals surface area contributed by atoms with E-state index in [1.165, 1.54) is 5.56 Å². The van der Waals surface area contributed by atoms with Crippen LogP contribution in [0.1, 0.15) is 35.5 Å². The Bertz CT molecular complexity index is 841. The van der Waals surface area contributed by atoms with Gasteiger partial charge in [-0.25, -0.2) is 9.67 Å². The Labute approximate surface area is 147 Å². The number of benzene rings is 1. The smallest absolute Gasteiger partial charge is 0.213 e. The highest BCUT2D eigenvalue weighted by atomic mass is 16.5. The summed E-state index contributed by atoms with van der Waals surface area (Å²) in [5, 5.41) is 12.2. The lowest BCUT2D eigenvalue weighted by atomic mass is 10.1. The molecule has 130 valence electrons. The summed E-state index contributed by atoms with van der Waals surface area (Å²) < 4.78 is 7.04. The van der Waals surface area contributed by atoms with Gasteiger partial charge in [0.15, 0.2) is 0 Å². The number of rotatable bonds is 6. The van der Waals surface area contributed by atoms with Crippen molar-refractivity contribution in [3.8, 4) is 11.6 Å². The number of aromatic nitrogens is 4. The van der Waals surface area contributed by atoms with Gasteiger partial charge in [0, 0.05) is 18.8 Å². The lowest BCUT2D eigenvalue weighted by Gasteiger charge is -2.13. The van der Waals surface area contributed by atoms with Crippen LogP contribution < -0.4 is 10.1 Å². The van der Waals surface area contributed by atoms with E-state index in [0.29, 0.717) is 12.4 Å². The fourth-order valence-electron chi connectivity index (χ4n) is 2.71. The van der Waals surface area contributed by atoms with E-state index in [4.69, 9.17) is 4.74 Å². The van der Waals surface area contributed by atoms with Crippen LogP contribution in [0.25, 0.3) is 5.69 Å². The summed E-state index contributed by atoms with van der Waals surface area (Å²) in [6.07, 6.45) is 1.75. The van der Waals surface area contributed by atoms with Gasteiger partial charge in [-0.1, -0.05) is 22.9 Å². The van der Waals surface area contributed by atoms with Crippen LogP contribution in [0.5, 0.6) is 5.88 Å². The third kappa shape index (κ3) is 3.85. The largest absolute Gasteiger partial charge is 0.481 e. The highest BCUT2D eigenvalue weighted by molar-refractivity contribution is 5.35. The van der Waals surface area contributed by atoms with Gasteiger partial charge < -0.3 is 10.1 Å². The van der Waals surface area contributed by atoms with E-state index in [1.54, 1.807) is 13.3 Å². The number of hydrogen-bond acceptors (Lipinski definition) is 5. The zero-order chi connectivity index (χ0) is 17.8. The first-order valence-electron chi connectivity index (χ1n) is 8.30. The standard InChI is InChI=1S/C19H23N5O/c1-13-5-7-17(8-6-13)24-15(3)19(22-23-24)14(2)21-12-16-9-10-20-18(11-16)25-4/h5-11,14,21H,12H2,1-4H3. The van der Waals surface area contributed by atoms with Crippen LogP contribution in [-0.2, 0) is 6.54 Å². The maximum atomic E-state index is 5.16. The van der Waals surface area contributed by atoms with Crippen LogP contribution in [-0.4, -0.2) is 27.1 Å². The first-order valence-corrected chi connectivity index (χ1v) is 8.30. The van der Waals surface area contributed by atoms with Crippen molar-refractivity contribution in [3.63, 3.8) is 0 Å². The molecule has 1 N–H and O–H groups in total. The SMILES string of the molecule is COc1cc(CNC(C)c2nnn(-c3ccc(C)cc3)c2C)ccn1. The van der Waals surface area contributed by atoms with Gasteiger partial charge in [-0.15, -0.1) is 5.10 Å². The third-order valence-electron chi connectivity index (χ3n) is 4.24. The molecule has 2 aromatic heterocycles. The Morgan fingerprint density at radius 2 is 1.92 bits per heavy atom. The number of nitrogens with zero attached hydrogens (tertiary/aromatic N) is 4. The highest BCUT2D eigenvalue weighted by Crippen LogP contribution is 2.19. The number of ether oxygens (including phenoxy) is 1. The van der Waals surface area contributed by atoms with E-state index in [9.17, 15) is 0 Å². The van der Waals surface area contributed by atoms with Gasteiger partial charge in [-0.3, -0.25) is 0 Å². The van der Waals surface area contributed by atoms with Crippen LogP contribution in [0.3, 0.4) is 0 Å². The summed E-state index contributed by atoms with van der Waals surface area (Å²) in [6, 6.07) is 12.2. The molecule has 0 bridgehead atoms. The summed E-state index contributed by atoms with van der Waals surface area (Å²) in [6.45, 7) is 6.91. The summed E-state index contributed by atoms with van der Waals surface area (Å²) in [5.41, 5.74) is 5.34. The lowest BCUT2D eigenvalue weighted by molar-refractivity contribution is 0.397. The van der Waals surface area contributed by atoms with E-state index in [-0.39, 0.29) is 6.04 Å². The molecule has 0 saturated heterocycles. The maximum absolute atomic E-state index is 5.16. The van der Waals surface area contributed by atoms with Crippen LogP contribution in [0.15, 0.2) is 42.6 Å². The van der Waals surface area contributed by atoms with E-state index in [2.05, 4.69) is 58.7 Å². The Kier molecular flexibility index (Phi) is 5.09.